The summed E-state index contributed by atoms with van der Waals surface area (Å²) in [5.74, 6) is 0.0482. The van der Waals surface area contributed by atoms with E-state index in [0.29, 0.717) is 5.92 Å². The second-order valence-corrected chi connectivity index (χ2v) is 4.21. The number of hydrogen-bond donors (Lipinski definition) is 1. The van der Waals surface area contributed by atoms with Crippen LogP contribution in [0.2, 0.25) is 0 Å². The molecular formula is C10H20O2. The summed E-state index contributed by atoms with van der Waals surface area (Å²) in [6.07, 6.45) is 0. The lowest BCUT2D eigenvalue weighted by Crippen LogP contribution is -2.29. The van der Waals surface area contributed by atoms with Crippen molar-refractivity contribution in [1.29, 1.82) is 0 Å². The Hall–Kier alpha value is -0.530. The first-order chi connectivity index (χ1) is 5.37. The second-order valence-electron chi connectivity index (χ2n) is 4.21. The maximum atomic E-state index is 10.9. The predicted octanol–water partition coefficient (Wildman–Crippen LogP) is 2.64. The maximum Gasteiger partial charge on any atom is 0.307 e. The Kier molecular flexibility index (Phi) is 4.29. The molecule has 0 saturated carbocycles. The van der Waals surface area contributed by atoms with Crippen LogP contribution in [0.25, 0.3) is 0 Å². The van der Waals surface area contributed by atoms with Gasteiger partial charge in [-0.05, 0) is 17.8 Å². The van der Waals surface area contributed by atoms with E-state index in [9.17, 15) is 4.79 Å². The lowest BCUT2D eigenvalue weighted by Gasteiger charge is -2.26. The largest absolute Gasteiger partial charge is 0.481 e. The summed E-state index contributed by atoms with van der Waals surface area (Å²) in [4.78, 5) is 10.9. The van der Waals surface area contributed by atoms with Crippen LogP contribution in [0, 0.1) is 23.7 Å². The number of carboxylic acid groups (broad SMARTS) is 1. The summed E-state index contributed by atoms with van der Waals surface area (Å²) < 4.78 is 0. The zero-order valence-electron chi connectivity index (χ0n) is 8.66. The highest BCUT2D eigenvalue weighted by molar-refractivity contribution is 5.70. The van der Waals surface area contributed by atoms with Crippen LogP contribution in [0.1, 0.15) is 34.6 Å². The van der Waals surface area contributed by atoms with Crippen molar-refractivity contribution in [2.24, 2.45) is 23.7 Å². The number of aliphatic carboxylic acids is 1. The average molecular weight is 172 g/mol. The number of hydrogen-bond acceptors (Lipinski definition) is 1. The third-order valence-electron chi connectivity index (χ3n) is 2.62. The van der Waals surface area contributed by atoms with Gasteiger partial charge in [-0.2, -0.15) is 0 Å². The zero-order chi connectivity index (χ0) is 9.89. The van der Waals surface area contributed by atoms with Crippen LogP contribution in [0.3, 0.4) is 0 Å². The van der Waals surface area contributed by atoms with Crippen LogP contribution in [-0.2, 0) is 4.79 Å². The van der Waals surface area contributed by atoms with Gasteiger partial charge in [0.15, 0.2) is 0 Å². The molecule has 2 nitrogen and oxygen atoms in total. The summed E-state index contributed by atoms with van der Waals surface area (Å²) in [5, 5.41) is 8.96. The molecule has 2 atom stereocenters. The van der Waals surface area contributed by atoms with Gasteiger partial charge in [-0.3, -0.25) is 4.79 Å². The minimum absolute atomic E-state index is 0.204. The smallest absolute Gasteiger partial charge is 0.307 e. The molecule has 0 spiro atoms. The van der Waals surface area contributed by atoms with Crippen molar-refractivity contribution in [2.75, 3.05) is 0 Å². The Morgan fingerprint density at radius 1 is 1.00 bits per heavy atom. The molecule has 2 heteroatoms. The lowest BCUT2D eigenvalue weighted by molar-refractivity contribution is -0.146. The molecule has 0 aliphatic carbocycles. The molecule has 1 N–H and O–H groups in total. The molecule has 0 aliphatic heterocycles. The molecule has 0 saturated heterocycles. The maximum absolute atomic E-state index is 10.9. The van der Waals surface area contributed by atoms with Crippen molar-refractivity contribution in [3.63, 3.8) is 0 Å². The molecule has 0 aromatic heterocycles. The van der Waals surface area contributed by atoms with E-state index >= 15 is 0 Å². The van der Waals surface area contributed by atoms with Gasteiger partial charge in [0.25, 0.3) is 0 Å². The molecule has 0 aromatic carbocycles. The highest BCUT2D eigenvalue weighted by Crippen LogP contribution is 2.26. The molecule has 0 aromatic rings. The highest BCUT2D eigenvalue weighted by atomic mass is 16.4. The summed E-state index contributed by atoms with van der Waals surface area (Å²) in [7, 11) is 0. The normalized spacial score (nSPS) is 16.6. The minimum atomic E-state index is -0.661. The fourth-order valence-electron chi connectivity index (χ4n) is 1.53. The monoisotopic (exact) mass is 172 g/mol. The van der Waals surface area contributed by atoms with Gasteiger partial charge in [0.2, 0.25) is 0 Å². The summed E-state index contributed by atoms with van der Waals surface area (Å²) in [5.41, 5.74) is 0. The average Bonchev–Trinajstić information content (AvgIpc) is 1.85. The Bertz CT molecular complexity index is 150. The lowest BCUT2D eigenvalue weighted by atomic mass is 9.78. The minimum Gasteiger partial charge on any atom is -0.481 e. The molecule has 0 amide bonds. The molecule has 0 aliphatic rings. The molecular weight excluding hydrogens is 152 g/mol. The van der Waals surface area contributed by atoms with Gasteiger partial charge < -0.3 is 5.11 Å². The molecule has 2 unspecified atom stereocenters. The molecule has 0 heterocycles. The first kappa shape index (κ1) is 11.5. The van der Waals surface area contributed by atoms with E-state index in [0.717, 1.165) is 0 Å². The number of carboxylic acids is 1. The van der Waals surface area contributed by atoms with Gasteiger partial charge in [0.1, 0.15) is 0 Å². The third kappa shape index (κ3) is 2.84. The van der Waals surface area contributed by atoms with Crippen molar-refractivity contribution in [3.8, 4) is 0 Å². The Morgan fingerprint density at radius 3 is 1.50 bits per heavy atom. The van der Waals surface area contributed by atoms with Crippen LogP contribution in [-0.4, -0.2) is 11.1 Å². The number of carbonyl (C=O) groups is 1. The van der Waals surface area contributed by atoms with E-state index in [2.05, 4.69) is 13.8 Å². The quantitative estimate of drug-likeness (QED) is 0.707. The third-order valence-corrected chi connectivity index (χ3v) is 2.62. The molecule has 0 rings (SSSR count). The summed E-state index contributed by atoms with van der Waals surface area (Å²) in [6.45, 7) is 10.1. The Morgan fingerprint density at radius 2 is 1.42 bits per heavy atom. The first-order valence-electron chi connectivity index (χ1n) is 4.60. The van der Waals surface area contributed by atoms with Crippen LogP contribution in [0.4, 0.5) is 0 Å². The van der Waals surface area contributed by atoms with Gasteiger partial charge in [0.05, 0.1) is 5.92 Å². The van der Waals surface area contributed by atoms with E-state index in [-0.39, 0.29) is 17.8 Å². The van der Waals surface area contributed by atoms with Crippen molar-refractivity contribution in [3.05, 3.63) is 0 Å². The van der Waals surface area contributed by atoms with Gasteiger partial charge in [0, 0.05) is 0 Å². The van der Waals surface area contributed by atoms with Crippen LogP contribution < -0.4 is 0 Å². The fourth-order valence-corrected chi connectivity index (χ4v) is 1.53. The van der Waals surface area contributed by atoms with Crippen LogP contribution >= 0.6 is 0 Å². The van der Waals surface area contributed by atoms with Crippen molar-refractivity contribution < 1.29 is 9.90 Å². The fraction of sp³-hybridized carbons (Fsp3) is 0.900. The van der Waals surface area contributed by atoms with Gasteiger partial charge in [-0.25, -0.2) is 0 Å². The molecule has 0 fully saturated rings. The standard InChI is InChI=1S/C10H20O2/c1-6(2)8(5)9(7(3)4)10(11)12/h6-9H,1-5H3,(H,11,12). The molecule has 0 radical (unpaired) electrons. The van der Waals surface area contributed by atoms with Crippen LogP contribution in [0.5, 0.6) is 0 Å². The van der Waals surface area contributed by atoms with E-state index in [1.165, 1.54) is 0 Å². The number of rotatable bonds is 4. The topological polar surface area (TPSA) is 37.3 Å². The highest BCUT2D eigenvalue weighted by Gasteiger charge is 2.29. The van der Waals surface area contributed by atoms with Gasteiger partial charge >= 0.3 is 5.97 Å². The van der Waals surface area contributed by atoms with E-state index in [1.807, 2.05) is 20.8 Å². The van der Waals surface area contributed by atoms with Gasteiger partial charge in [-0.15, -0.1) is 0 Å². The van der Waals surface area contributed by atoms with Crippen molar-refractivity contribution in [2.45, 2.75) is 34.6 Å². The van der Waals surface area contributed by atoms with E-state index in [4.69, 9.17) is 5.11 Å². The predicted molar refractivity (Wildman–Crippen MR) is 50.0 cm³/mol. The van der Waals surface area contributed by atoms with Crippen molar-refractivity contribution in [1.82, 2.24) is 0 Å². The first-order valence-corrected chi connectivity index (χ1v) is 4.60. The van der Waals surface area contributed by atoms with E-state index in [1.54, 1.807) is 0 Å². The zero-order valence-corrected chi connectivity index (χ0v) is 8.66. The summed E-state index contributed by atoms with van der Waals surface area (Å²) >= 11 is 0. The Balaban J connectivity index is 4.40. The SMILES string of the molecule is CC(C)C(C)C(C(=O)O)C(C)C. The molecule has 72 valence electrons. The Labute approximate surface area is 75.0 Å². The van der Waals surface area contributed by atoms with E-state index < -0.39 is 5.97 Å². The van der Waals surface area contributed by atoms with Crippen molar-refractivity contribution >= 4 is 5.97 Å². The van der Waals surface area contributed by atoms with Gasteiger partial charge in [-0.1, -0.05) is 34.6 Å². The molecule has 0 bridgehead atoms. The second kappa shape index (κ2) is 4.48. The molecule has 12 heavy (non-hydrogen) atoms. The van der Waals surface area contributed by atoms with Crippen LogP contribution in [0.15, 0.2) is 0 Å². The summed E-state index contributed by atoms with van der Waals surface area (Å²) in [6, 6.07) is 0.